The first kappa shape index (κ1) is 24.0. The fraction of sp³-hybridized carbons (Fsp3) is 0.577. The first-order valence-electron chi connectivity index (χ1n) is 12.3. The third kappa shape index (κ3) is 5.49. The summed E-state index contributed by atoms with van der Waals surface area (Å²) in [4.78, 5) is 29.5. The molecule has 178 valence electrons. The van der Waals surface area contributed by atoms with Crippen LogP contribution in [-0.4, -0.2) is 72.0 Å². The van der Waals surface area contributed by atoms with Crippen molar-refractivity contribution in [2.45, 2.75) is 51.4 Å². The number of carbonyl (C=O) groups is 1. The first-order valence-corrected chi connectivity index (χ1v) is 12.7. The Morgan fingerprint density at radius 2 is 1.91 bits per heavy atom. The molecule has 0 bridgehead atoms. The number of hydrogen-bond donors (Lipinski definition) is 0. The van der Waals surface area contributed by atoms with Gasteiger partial charge in [0.1, 0.15) is 12.1 Å². The Morgan fingerprint density at radius 1 is 1.18 bits per heavy atom. The number of halogens is 1. The minimum absolute atomic E-state index is 0.181. The molecule has 1 saturated heterocycles. The molecular weight excluding hydrogens is 434 g/mol. The second kappa shape index (κ2) is 10.8. The Bertz CT molecular complexity index is 942. The number of nitrogens with zero attached hydrogens (tertiary/aromatic N) is 5. The number of fused-ring (bicyclic) bond motifs is 1. The van der Waals surface area contributed by atoms with Gasteiger partial charge in [0, 0.05) is 49.0 Å². The largest absolute Gasteiger partial charge is 0.353 e. The van der Waals surface area contributed by atoms with E-state index < -0.39 is 0 Å². The molecule has 1 aliphatic heterocycles. The van der Waals surface area contributed by atoms with Gasteiger partial charge in [0.25, 0.3) is 0 Å². The van der Waals surface area contributed by atoms with Crippen molar-refractivity contribution in [1.29, 1.82) is 0 Å². The molecule has 0 radical (unpaired) electrons. The van der Waals surface area contributed by atoms with Gasteiger partial charge in [0.2, 0.25) is 5.91 Å². The minimum atomic E-state index is -0.181. The lowest BCUT2D eigenvalue weighted by Gasteiger charge is -2.38. The molecule has 4 rings (SSSR count). The molecule has 1 fully saturated rings. The van der Waals surface area contributed by atoms with Gasteiger partial charge in [-0.2, -0.15) is 0 Å². The monoisotopic (exact) mass is 469 g/mol. The van der Waals surface area contributed by atoms with E-state index in [-0.39, 0.29) is 11.8 Å². The molecule has 1 amide bonds. The number of piperazine rings is 1. The minimum Gasteiger partial charge on any atom is -0.353 e. The molecule has 2 aliphatic rings. The van der Waals surface area contributed by atoms with Crippen LogP contribution in [0.15, 0.2) is 30.6 Å². The van der Waals surface area contributed by atoms with E-state index in [0.29, 0.717) is 10.9 Å². The van der Waals surface area contributed by atoms with Crippen LogP contribution in [0.1, 0.15) is 61.8 Å². The van der Waals surface area contributed by atoms with E-state index in [2.05, 4.69) is 40.7 Å². The zero-order chi connectivity index (χ0) is 23.4. The summed E-state index contributed by atoms with van der Waals surface area (Å²) in [6.07, 6.45) is 6.18. The summed E-state index contributed by atoms with van der Waals surface area (Å²) in [5.41, 5.74) is 3.55. The Hall–Kier alpha value is -2.18. The lowest BCUT2D eigenvalue weighted by atomic mass is 9.96. The second-order valence-corrected chi connectivity index (χ2v) is 9.97. The molecule has 0 spiro atoms. The lowest BCUT2D eigenvalue weighted by molar-refractivity contribution is -0.133. The van der Waals surface area contributed by atoms with E-state index >= 15 is 0 Å². The number of amides is 1. The Labute approximate surface area is 202 Å². The van der Waals surface area contributed by atoms with Gasteiger partial charge in [0.15, 0.2) is 0 Å². The standard InChI is InChI=1S/C26H36ClN5O/c1-4-5-12-30(3)17-22(20-7-9-21(27)10-8-20)26(33)32-15-13-31(14-16-32)25-24-19(2)6-11-23(24)28-18-29-25/h7-10,18-19,22H,4-6,11-17H2,1-3H3. The van der Waals surface area contributed by atoms with E-state index in [9.17, 15) is 4.79 Å². The molecule has 2 aromatic rings. The molecule has 0 saturated carbocycles. The number of aryl methyl sites for hydroxylation is 1. The molecule has 6 nitrogen and oxygen atoms in total. The van der Waals surface area contributed by atoms with Crippen LogP contribution in [0.25, 0.3) is 0 Å². The number of rotatable bonds is 8. The zero-order valence-corrected chi connectivity index (χ0v) is 20.9. The summed E-state index contributed by atoms with van der Waals surface area (Å²) in [6, 6.07) is 7.77. The number of aromatic nitrogens is 2. The van der Waals surface area contributed by atoms with Gasteiger partial charge in [-0.25, -0.2) is 9.97 Å². The van der Waals surface area contributed by atoms with E-state index in [1.54, 1.807) is 6.33 Å². The molecule has 33 heavy (non-hydrogen) atoms. The van der Waals surface area contributed by atoms with Crippen LogP contribution in [0, 0.1) is 0 Å². The normalized spacial score (nSPS) is 19.1. The van der Waals surface area contributed by atoms with Gasteiger partial charge in [-0.3, -0.25) is 4.79 Å². The molecule has 0 N–H and O–H groups in total. The lowest BCUT2D eigenvalue weighted by Crippen LogP contribution is -2.51. The maximum Gasteiger partial charge on any atom is 0.231 e. The molecule has 7 heteroatoms. The fourth-order valence-electron chi connectivity index (χ4n) is 5.09. The van der Waals surface area contributed by atoms with E-state index in [1.807, 2.05) is 29.2 Å². The molecular formula is C26H36ClN5O. The molecule has 2 atom stereocenters. The highest BCUT2D eigenvalue weighted by Crippen LogP contribution is 2.37. The molecule has 1 aromatic carbocycles. The van der Waals surface area contributed by atoms with E-state index in [4.69, 9.17) is 11.6 Å². The van der Waals surface area contributed by atoms with Crippen LogP contribution in [-0.2, 0) is 11.2 Å². The van der Waals surface area contributed by atoms with E-state index in [1.165, 1.54) is 11.3 Å². The van der Waals surface area contributed by atoms with Gasteiger partial charge < -0.3 is 14.7 Å². The van der Waals surface area contributed by atoms with Crippen LogP contribution < -0.4 is 4.90 Å². The smallest absolute Gasteiger partial charge is 0.231 e. The average molecular weight is 470 g/mol. The number of carbonyl (C=O) groups excluding carboxylic acids is 1. The number of benzene rings is 1. The van der Waals surface area contributed by atoms with Crippen molar-refractivity contribution in [3.05, 3.63) is 52.4 Å². The third-order valence-electron chi connectivity index (χ3n) is 7.10. The van der Waals surface area contributed by atoms with Gasteiger partial charge in [-0.1, -0.05) is 44.0 Å². The van der Waals surface area contributed by atoms with Crippen molar-refractivity contribution in [3.8, 4) is 0 Å². The summed E-state index contributed by atoms with van der Waals surface area (Å²) >= 11 is 6.12. The zero-order valence-electron chi connectivity index (χ0n) is 20.1. The second-order valence-electron chi connectivity index (χ2n) is 9.53. The van der Waals surface area contributed by atoms with Crippen LogP contribution in [0.2, 0.25) is 5.02 Å². The summed E-state index contributed by atoms with van der Waals surface area (Å²) in [7, 11) is 2.11. The Kier molecular flexibility index (Phi) is 7.86. The number of likely N-dealkylation sites (N-methyl/N-ethyl adjacent to an activating group) is 1. The van der Waals surface area contributed by atoms with E-state index in [0.717, 1.165) is 76.3 Å². The maximum atomic E-state index is 13.7. The van der Waals surface area contributed by atoms with Crippen molar-refractivity contribution in [2.24, 2.45) is 0 Å². The maximum absolute atomic E-state index is 13.7. The van der Waals surface area contributed by atoms with Crippen molar-refractivity contribution < 1.29 is 4.79 Å². The van der Waals surface area contributed by atoms with Crippen LogP contribution in [0.4, 0.5) is 5.82 Å². The summed E-state index contributed by atoms with van der Waals surface area (Å²) in [5.74, 6) is 1.61. The predicted molar refractivity (Wildman–Crippen MR) is 134 cm³/mol. The number of hydrogen-bond acceptors (Lipinski definition) is 5. The molecule has 2 unspecified atom stereocenters. The van der Waals surface area contributed by atoms with Gasteiger partial charge in [-0.05, 0) is 56.5 Å². The topological polar surface area (TPSA) is 52.6 Å². The quantitative estimate of drug-likeness (QED) is 0.575. The van der Waals surface area contributed by atoms with Crippen LogP contribution >= 0.6 is 11.6 Å². The molecule has 1 aliphatic carbocycles. The average Bonchev–Trinajstić information content (AvgIpc) is 3.22. The summed E-state index contributed by atoms with van der Waals surface area (Å²) in [5, 5.41) is 0.699. The Morgan fingerprint density at radius 3 is 2.61 bits per heavy atom. The van der Waals surface area contributed by atoms with Crippen LogP contribution in [0.5, 0.6) is 0 Å². The van der Waals surface area contributed by atoms with Crippen molar-refractivity contribution in [1.82, 2.24) is 19.8 Å². The summed E-state index contributed by atoms with van der Waals surface area (Å²) in [6.45, 7) is 9.23. The van der Waals surface area contributed by atoms with Gasteiger partial charge in [0.05, 0.1) is 5.92 Å². The highest BCUT2D eigenvalue weighted by molar-refractivity contribution is 6.30. The number of unbranched alkanes of at least 4 members (excludes halogenated alkanes) is 1. The number of anilines is 1. The Balaban J connectivity index is 1.46. The van der Waals surface area contributed by atoms with Gasteiger partial charge in [-0.15, -0.1) is 0 Å². The first-order chi connectivity index (χ1) is 16.0. The van der Waals surface area contributed by atoms with Crippen molar-refractivity contribution >= 4 is 23.3 Å². The SMILES string of the molecule is CCCCN(C)CC(C(=O)N1CCN(c2ncnc3c2C(C)CC3)CC1)c1ccc(Cl)cc1. The van der Waals surface area contributed by atoms with Crippen LogP contribution in [0.3, 0.4) is 0 Å². The molecule has 2 heterocycles. The molecule has 1 aromatic heterocycles. The fourth-order valence-corrected chi connectivity index (χ4v) is 5.21. The highest BCUT2D eigenvalue weighted by atomic mass is 35.5. The summed E-state index contributed by atoms with van der Waals surface area (Å²) < 4.78 is 0. The van der Waals surface area contributed by atoms with Crippen molar-refractivity contribution in [3.63, 3.8) is 0 Å². The predicted octanol–water partition coefficient (Wildman–Crippen LogP) is 4.34. The van der Waals surface area contributed by atoms with Gasteiger partial charge >= 0.3 is 0 Å². The highest BCUT2D eigenvalue weighted by Gasteiger charge is 2.32. The van der Waals surface area contributed by atoms with Crippen molar-refractivity contribution in [2.75, 3.05) is 51.2 Å². The third-order valence-corrected chi connectivity index (χ3v) is 7.35.